The fourth-order valence-electron chi connectivity index (χ4n) is 0.640. The van der Waals surface area contributed by atoms with E-state index in [0.717, 1.165) is 12.8 Å². The molecular formula is C14H30N6O2. The second-order valence-electron chi connectivity index (χ2n) is 3.86. The van der Waals surface area contributed by atoms with Crippen LogP contribution in [0.25, 0.3) is 0 Å². The van der Waals surface area contributed by atoms with Crippen LogP contribution in [0.1, 0.15) is 26.7 Å². The lowest BCUT2D eigenvalue weighted by Gasteiger charge is -2.07. The fraction of sp³-hybridized carbons (Fsp3) is 0.571. The van der Waals surface area contributed by atoms with Crippen molar-refractivity contribution >= 4 is 12.1 Å². The SMILES string of the molecule is C=C(N)NC.C=C(NC)NC(=O)NCCC.CCCN=C=O. The molecule has 22 heavy (non-hydrogen) atoms. The molecule has 0 saturated heterocycles. The number of nitrogens with zero attached hydrogens (tertiary/aromatic N) is 1. The van der Waals surface area contributed by atoms with E-state index in [-0.39, 0.29) is 6.03 Å². The number of nitrogens with one attached hydrogen (secondary N) is 4. The Morgan fingerprint density at radius 2 is 1.73 bits per heavy atom. The van der Waals surface area contributed by atoms with Crippen LogP contribution in [0.15, 0.2) is 29.8 Å². The van der Waals surface area contributed by atoms with Crippen LogP contribution >= 0.6 is 0 Å². The van der Waals surface area contributed by atoms with Crippen molar-refractivity contribution in [3.63, 3.8) is 0 Å². The minimum atomic E-state index is -0.216. The van der Waals surface area contributed by atoms with Gasteiger partial charge in [0, 0.05) is 20.6 Å². The van der Waals surface area contributed by atoms with Crippen molar-refractivity contribution in [2.75, 3.05) is 27.2 Å². The zero-order valence-electron chi connectivity index (χ0n) is 14.1. The van der Waals surface area contributed by atoms with Crippen LogP contribution in [0, 0.1) is 0 Å². The fourth-order valence-corrected chi connectivity index (χ4v) is 0.640. The van der Waals surface area contributed by atoms with Gasteiger partial charge in [-0.1, -0.05) is 27.0 Å². The molecule has 0 aliphatic heterocycles. The molecule has 0 aliphatic carbocycles. The minimum Gasteiger partial charge on any atom is -0.386 e. The van der Waals surface area contributed by atoms with Crippen molar-refractivity contribution < 1.29 is 9.59 Å². The summed E-state index contributed by atoms with van der Waals surface area (Å²) in [7, 11) is 3.42. The summed E-state index contributed by atoms with van der Waals surface area (Å²) in [6.07, 6.45) is 3.30. The van der Waals surface area contributed by atoms with E-state index in [1.54, 1.807) is 14.1 Å². The van der Waals surface area contributed by atoms with E-state index in [0.29, 0.717) is 24.7 Å². The molecular weight excluding hydrogens is 284 g/mol. The number of hydrogen-bond acceptors (Lipinski definition) is 6. The number of hydrogen-bond donors (Lipinski definition) is 5. The first kappa shape index (κ1) is 24.5. The maximum atomic E-state index is 10.8. The Labute approximate surface area is 133 Å². The van der Waals surface area contributed by atoms with Crippen molar-refractivity contribution in [1.82, 2.24) is 21.3 Å². The molecule has 0 heterocycles. The number of amides is 2. The zero-order chi connectivity index (χ0) is 17.8. The second-order valence-corrected chi connectivity index (χ2v) is 3.86. The average molecular weight is 314 g/mol. The van der Waals surface area contributed by atoms with E-state index in [1.165, 1.54) is 6.08 Å². The van der Waals surface area contributed by atoms with Crippen molar-refractivity contribution in [1.29, 1.82) is 0 Å². The van der Waals surface area contributed by atoms with Crippen LogP contribution < -0.4 is 27.0 Å². The largest absolute Gasteiger partial charge is 0.386 e. The summed E-state index contributed by atoms with van der Waals surface area (Å²) in [5, 5.41) is 10.5. The van der Waals surface area contributed by atoms with E-state index in [9.17, 15) is 9.59 Å². The maximum absolute atomic E-state index is 10.8. The Bertz CT molecular complexity index is 351. The van der Waals surface area contributed by atoms with Gasteiger partial charge in [-0.3, -0.25) is 5.32 Å². The Morgan fingerprint density at radius 1 is 1.18 bits per heavy atom. The Kier molecular flexibility index (Phi) is 23.2. The molecule has 0 aliphatic rings. The summed E-state index contributed by atoms with van der Waals surface area (Å²) < 4.78 is 0. The average Bonchev–Trinajstić information content (AvgIpc) is 2.51. The minimum absolute atomic E-state index is 0.216. The molecule has 8 nitrogen and oxygen atoms in total. The second kappa shape index (κ2) is 20.8. The van der Waals surface area contributed by atoms with Crippen molar-refractivity contribution in [3.05, 3.63) is 24.8 Å². The summed E-state index contributed by atoms with van der Waals surface area (Å²) in [4.78, 5) is 23.4. The first-order valence-corrected chi connectivity index (χ1v) is 6.96. The number of carbonyl (C=O) groups excluding carboxylic acids is 2. The predicted octanol–water partition coefficient (Wildman–Crippen LogP) is 0.754. The van der Waals surface area contributed by atoms with Gasteiger partial charge in [0.2, 0.25) is 6.08 Å². The summed E-state index contributed by atoms with van der Waals surface area (Å²) in [5.74, 6) is 1.00. The quantitative estimate of drug-likeness (QED) is 0.351. The lowest BCUT2D eigenvalue weighted by Crippen LogP contribution is -2.38. The molecule has 2 amide bonds. The highest BCUT2D eigenvalue weighted by Crippen LogP contribution is 1.75. The summed E-state index contributed by atoms with van der Waals surface area (Å²) in [6.45, 7) is 12.1. The van der Waals surface area contributed by atoms with Crippen LogP contribution in [0.3, 0.4) is 0 Å². The smallest absolute Gasteiger partial charge is 0.320 e. The third kappa shape index (κ3) is 30.5. The van der Waals surface area contributed by atoms with Gasteiger partial charge in [0.25, 0.3) is 0 Å². The van der Waals surface area contributed by atoms with Crippen LogP contribution in [-0.2, 0) is 4.79 Å². The van der Waals surface area contributed by atoms with E-state index in [2.05, 4.69) is 39.4 Å². The van der Waals surface area contributed by atoms with Crippen LogP contribution in [0.2, 0.25) is 0 Å². The summed E-state index contributed by atoms with van der Waals surface area (Å²) >= 11 is 0. The topological polar surface area (TPSA) is 121 Å². The lowest BCUT2D eigenvalue weighted by molar-refractivity contribution is 0.243. The van der Waals surface area contributed by atoms with Gasteiger partial charge in [-0.2, -0.15) is 0 Å². The number of urea groups is 1. The predicted molar refractivity (Wildman–Crippen MR) is 90.7 cm³/mol. The number of rotatable bonds is 7. The van der Waals surface area contributed by atoms with Gasteiger partial charge in [-0.25, -0.2) is 14.6 Å². The Hall–Kier alpha value is -2.47. The molecule has 0 saturated carbocycles. The molecule has 0 spiro atoms. The zero-order valence-corrected chi connectivity index (χ0v) is 14.1. The summed E-state index contributed by atoms with van der Waals surface area (Å²) in [5.41, 5.74) is 4.99. The van der Waals surface area contributed by atoms with Gasteiger partial charge in [0.1, 0.15) is 0 Å². The molecule has 0 unspecified atom stereocenters. The highest BCUT2D eigenvalue weighted by atomic mass is 16.2. The molecule has 0 bridgehead atoms. The molecule has 0 aromatic heterocycles. The summed E-state index contributed by atoms with van der Waals surface area (Å²) in [6, 6.07) is -0.216. The van der Waals surface area contributed by atoms with Crippen molar-refractivity contribution in [2.45, 2.75) is 26.7 Å². The van der Waals surface area contributed by atoms with Gasteiger partial charge >= 0.3 is 6.03 Å². The molecule has 0 aromatic carbocycles. The van der Waals surface area contributed by atoms with Crippen molar-refractivity contribution in [3.8, 4) is 0 Å². The van der Waals surface area contributed by atoms with E-state index < -0.39 is 0 Å². The molecule has 128 valence electrons. The molecule has 8 heteroatoms. The van der Waals surface area contributed by atoms with Gasteiger partial charge in [0.15, 0.2) is 0 Å². The molecule has 6 N–H and O–H groups in total. The molecule has 0 fully saturated rings. The van der Waals surface area contributed by atoms with E-state index in [1.807, 2.05) is 13.8 Å². The number of isocyanates is 1. The van der Waals surface area contributed by atoms with Crippen molar-refractivity contribution in [2.24, 2.45) is 10.7 Å². The van der Waals surface area contributed by atoms with Gasteiger partial charge < -0.3 is 21.7 Å². The van der Waals surface area contributed by atoms with Crippen LogP contribution in [-0.4, -0.2) is 39.3 Å². The highest BCUT2D eigenvalue weighted by molar-refractivity contribution is 5.75. The van der Waals surface area contributed by atoms with Gasteiger partial charge in [-0.05, 0) is 12.8 Å². The first-order valence-electron chi connectivity index (χ1n) is 6.96. The first-order chi connectivity index (χ1) is 10.4. The van der Waals surface area contributed by atoms with E-state index >= 15 is 0 Å². The Balaban J connectivity index is -0.000000277. The van der Waals surface area contributed by atoms with Crippen LogP contribution in [0.5, 0.6) is 0 Å². The lowest BCUT2D eigenvalue weighted by atomic mass is 10.5. The molecule has 0 atom stereocenters. The molecule has 0 aromatic rings. The molecule has 0 rings (SSSR count). The third-order valence-electron chi connectivity index (χ3n) is 1.82. The standard InChI is InChI=1S/C7H15N3O.C4H7NO.C3H8N2/c1-4-5-9-7(11)10-6(2)8-3;1-2-3-5-4-6;1-3(4)5-2/h8H,2,4-5H2,1,3H3,(H2,9,10,11);2-3H2,1H3;5H,1,4H2,2H3. The van der Waals surface area contributed by atoms with Gasteiger partial charge in [0.05, 0.1) is 18.2 Å². The normalized spacial score (nSPS) is 7.64. The Morgan fingerprint density at radius 3 is 2.00 bits per heavy atom. The third-order valence-corrected chi connectivity index (χ3v) is 1.82. The van der Waals surface area contributed by atoms with E-state index in [4.69, 9.17) is 5.73 Å². The number of carbonyl (C=O) groups is 1. The number of aliphatic imine (C=N–C) groups is 1. The van der Waals surface area contributed by atoms with Crippen LogP contribution in [0.4, 0.5) is 4.79 Å². The highest BCUT2D eigenvalue weighted by Gasteiger charge is 1.97. The maximum Gasteiger partial charge on any atom is 0.320 e. The monoisotopic (exact) mass is 314 g/mol. The number of nitrogens with two attached hydrogens (primary N) is 1. The molecule has 0 radical (unpaired) electrons. The van der Waals surface area contributed by atoms with Gasteiger partial charge in [-0.15, -0.1) is 0 Å².